The van der Waals surface area contributed by atoms with E-state index in [1.807, 2.05) is 18.0 Å². The summed E-state index contributed by atoms with van der Waals surface area (Å²) in [6, 6.07) is 1.96. The SMILES string of the molecule is CC(O)CCN(C)CC(=O)NCCC#N. The molecule has 0 aliphatic rings. The molecule has 0 spiro atoms. The molecule has 0 radical (unpaired) electrons. The maximum Gasteiger partial charge on any atom is 0.234 e. The molecule has 0 fully saturated rings. The average Bonchev–Trinajstić information content (AvgIpc) is 2.15. The lowest BCUT2D eigenvalue weighted by Gasteiger charge is -2.16. The molecule has 0 aromatic rings. The van der Waals surface area contributed by atoms with Crippen molar-refractivity contribution in [3.63, 3.8) is 0 Å². The van der Waals surface area contributed by atoms with Crippen LogP contribution in [0.25, 0.3) is 0 Å². The lowest BCUT2D eigenvalue weighted by Crippen LogP contribution is -2.36. The van der Waals surface area contributed by atoms with Crippen LogP contribution in [-0.2, 0) is 4.79 Å². The number of nitriles is 1. The fourth-order valence-corrected chi connectivity index (χ4v) is 1.05. The molecule has 0 saturated carbocycles. The second-order valence-corrected chi connectivity index (χ2v) is 3.63. The van der Waals surface area contributed by atoms with Crippen LogP contribution in [0.2, 0.25) is 0 Å². The van der Waals surface area contributed by atoms with Gasteiger partial charge in [0.15, 0.2) is 0 Å². The van der Waals surface area contributed by atoms with Crippen molar-refractivity contribution < 1.29 is 9.90 Å². The number of amides is 1. The average molecular weight is 213 g/mol. The number of aliphatic hydroxyl groups excluding tert-OH is 1. The highest BCUT2D eigenvalue weighted by atomic mass is 16.3. The van der Waals surface area contributed by atoms with Crippen LogP contribution in [0.5, 0.6) is 0 Å². The van der Waals surface area contributed by atoms with Gasteiger partial charge in [0.1, 0.15) is 0 Å². The smallest absolute Gasteiger partial charge is 0.234 e. The Bertz CT molecular complexity index is 223. The molecule has 1 atom stereocenters. The molecule has 1 unspecified atom stereocenters. The summed E-state index contributed by atoms with van der Waals surface area (Å²) in [6.45, 7) is 3.11. The van der Waals surface area contributed by atoms with E-state index in [1.54, 1.807) is 6.92 Å². The third-order valence-electron chi connectivity index (χ3n) is 1.90. The third-order valence-corrected chi connectivity index (χ3v) is 1.90. The molecule has 2 N–H and O–H groups in total. The zero-order valence-electron chi connectivity index (χ0n) is 9.36. The zero-order chi connectivity index (χ0) is 11.7. The van der Waals surface area contributed by atoms with Crippen molar-refractivity contribution in [2.45, 2.75) is 25.9 Å². The molecule has 5 heteroatoms. The van der Waals surface area contributed by atoms with Gasteiger partial charge in [0.05, 0.1) is 25.1 Å². The van der Waals surface area contributed by atoms with Crippen molar-refractivity contribution in [3.8, 4) is 6.07 Å². The Labute approximate surface area is 90.7 Å². The minimum Gasteiger partial charge on any atom is -0.393 e. The number of hydrogen-bond acceptors (Lipinski definition) is 4. The lowest BCUT2D eigenvalue weighted by molar-refractivity contribution is -0.121. The number of nitrogens with zero attached hydrogens (tertiary/aromatic N) is 2. The van der Waals surface area contributed by atoms with E-state index < -0.39 is 0 Å². The fraction of sp³-hybridized carbons (Fsp3) is 0.800. The molecule has 0 aliphatic carbocycles. The van der Waals surface area contributed by atoms with Crippen LogP contribution < -0.4 is 5.32 Å². The fourth-order valence-electron chi connectivity index (χ4n) is 1.05. The molecule has 0 heterocycles. The number of carbonyl (C=O) groups excluding carboxylic acids is 1. The Morgan fingerprint density at radius 3 is 2.87 bits per heavy atom. The summed E-state index contributed by atoms with van der Waals surface area (Å²) in [5.74, 6) is -0.0849. The predicted molar refractivity (Wildman–Crippen MR) is 57.0 cm³/mol. The van der Waals surface area contributed by atoms with E-state index in [2.05, 4.69) is 5.32 Å². The van der Waals surface area contributed by atoms with E-state index in [9.17, 15) is 4.79 Å². The maximum atomic E-state index is 11.2. The summed E-state index contributed by atoms with van der Waals surface area (Å²) in [4.78, 5) is 13.1. The van der Waals surface area contributed by atoms with E-state index in [0.717, 1.165) is 0 Å². The first kappa shape index (κ1) is 13.9. The van der Waals surface area contributed by atoms with Crippen molar-refractivity contribution in [3.05, 3.63) is 0 Å². The Morgan fingerprint density at radius 1 is 1.67 bits per heavy atom. The number of likely N-dealkylation sites (N-methyl/N-ethyl adjacent to an activating group) is 1. The number of hydrogen-bond donors (Lipinski definition) is 2. The topological polar surface area (TPSA) is 76.4 Å². The molecular weight excluding hydrogens is 194 g/mol. The normalized spacial score (nSPS) is 12.2. The Balaban J connectivity index is 3.54. The molecule has 5 nitrogen and oxygen atoms in total. The summed E-state index contributed by atoms with van der Waals surface area (Å²) in [6.07, 6.45) is 0.652. The highest BCUT2D eigenvalue weighted by molar-refractivity contribution is 5.77. The van der Waals surface area contributed by atoms with Crippen LogP contribution in [0.1, 0.15) is 19.8 Å². The molecule has 86 valence electrons. The standard InChI is InChI=1S/C10H19N3O2/c1-9(14)4-7-13(2)8-10(15)12-6-3-5-11/h9,14H,3-4,6-8H2,1-2H3,(H,12,15). The molecule has 0 saturated heterocycles. The summed E-state index contributed by atoms with van der Waals surface area (Å²) in [7, 11) is 1.83. The molecule has 0 aliphatic heterocycles. The molecule has 15 heavy (non-hydrogen) atoms. The van der Waals surface area contributed by atoms with Gasteiger partial charge in [0.2, 0.25) is 5.91 Å². The van der Waals surface area contributed by atoms with Gasteiger partial charge in [-0.2, -0.15) is 5.26 Å². The summed E-state index contributed by atoms with van der Waals surface area (Å²) < 4.78 is 0. The van der Waals surface area contributed by atoms with Gasteiger partial charge in [-0.1, -0.05) is 0 Å². The van der Waals surface area contributed by atoms with Gasteiger partial charge in [-0.3, -0.25) is 9.69 Å². The molecule has 0 aromatic carbocycles. The van der Waals surface area contributed by atoms with Crippen molar-refractivity contribution in [1.29, 1.82) is 5.26 Å². The van der Waals surface area contributed by atoms with Crippen LogP contribution in [-0.4, -0.2) is 48.7 Å². The lowest BCUT2D eigenvalue weighted by atomic mass is 10.3. The van der Waals surface area contributed by atoms with E-state index in [-0.39, 0.29) is 12.0 Å². The van der Waals surface area contributed by atoms with Crippen LogP contribution in [0, 0.1) is 11.3 Å². The van der Waals surface area contributed by atoms with E-state index in [0.29, 0.717) is 32.5 Å². The van der Waals surface area contributed by atoms with Crippen molar-refractivity contribution in [1.82, 2.24) is 10.2 Å². The first-order chi connectivity index (χ1) is 7.06. The summed E-state index contributed by atoms with van der Waals surface area (Å²) in [5, 5.41) is 19.9. The second kappa shape index (κ2) is 8.21. The van der Waals surface area contributed by atoms with E-state index in [4.69, 9.17) is 10.4 Å². The van der Waals surface area contributed by atoms with E-state index >= 15 is 0 Å². The van der Waals surface area contributed by atoms with Gasteiger partial charge in [0, 0.05) is 13.1 Å². The minimum absolute atomic E-state index is 0.0849. The molecule has 0 bridgehead atoms. The monoisotopic (exact) mass is 213 g/mol. The Kier molecular flexibility index (Phi) is 7.60. The second-order valence-electron chi connectivity index (χ2n) is 3.63. The van der Waals surface area contributed by atoms with Gasteiger partial charge in [-0.25, -0.2) is 0 Å². The van der Waals surface area contributed by atoms with Gasteiger partial charge in [0.25, 0.3) is 0 Å². The summed E-state index contributed by atoms with van der Waals surface area (Å²) in [5.41, 5.74) is 0. The van der Waals surface area contributed by atoms with Crippen molar-refractivity contribution >= 4 is 5.91 Å². The Morgan fingerprint density at radius 2 is 2.33 bits per heavy atom. The highest BCUT2D eigenvalue weighted by Crippen LogP contribution is 1.92. The summed E-state index contributed by atoms with van der Waals surface area (Å²) >= 11 is 0. The van der Waals surface area contributed by atoms with Crippen LogP contribution in [0.15, 0.2) is 0 Å². The molecule has 0 rings (SSSR count). The van der Waals surface area contributed by atoms with Crippen LogP contribution in [0.3, 0.4) is 0 Å². The maximum absolute atomic E-state index is 11.2. The predicted octanol–water partition coefficient (Wildman–Crippen LogP) is -0.281. The third kappa shape index (κ3) is 9.19. The molecule has 1 amide bonds. The highest BCUT2D eigenvalue weighted by Gasteiger charge is 2.06. The van der Waals surface area contributed by atoms with Crippen molar-refractivity contribution in [2.24, 2.45) is 0 Å². The van der Waals surface area contributed by atoms with Gasteiger partial charge < -0.3 is 10.4 Å². The first-order valence-electron chi connectivity index (χ1n) is 5.06. The van der Waals surface area contributed by atoms with Gasteiger partial charge in [-0.15, -0.1) is 0 Å². The number of rotatable bonds is 7. The first-order valence-corrected chi connectivity index (χ1v) is 5.06. The number of aliphatic hydroxyl groups is 1. The van der Waals surface area contributed by atoms with Crippen LogP contribution >= 0.6 is 0 Å². The van der Waals surface area contributed by atoms with Gasteiger partial charge in [-0.05, 0) is 20.4 Å². The molecular formula is C10H19N3O2. The van der Waals surface area contributed by atoms with Crippen molar-refractivity contribution in [2.75, 3.05) is 26.7 Å². The number of carbonyl (C=O) groups is 1. The van der Waals surface area contributed by atoms with E-state index in [1.165, 1.54) is 0 Å². The zero-order valence-corrected chi connectivity index (χ0v) is 9.36. The van der Waals surface area contributed by atoms with Gasteiger partial charge >= 0.3 is 0 Å². The Hall–Kier alpha value is -1.12. The number of nitrogens with one attached hydrogen (secondary N) is 1. The minimum atomic E-state index is -0.339. The largest absolute Gasteiger partial charge is 0.393 e. The quantitative estimate of drug-likeness (QED) is 0.570. The van der Waals surface area contributed by atoms with Crippen LogP contribution in [0.4, 0.5) is 0 Å². The molecule has 0 aromatic heterocycles.